The van der Waals surface area contributed by atoms with Crippen LogP contribution in [-0.4, -0.2) is 62.8 Å². The molecule has 4 N–H and O–H groups in total. The molecule has 0 aliphatic heterocycles. The van der Waals surface area contributed by atoms with Crippen LogP contribution in [0.1, 0.15) is 233 Å². The third-order valence-electron chi connectivity index (χ3n) is 24.2. The number of nitrogens with one attached hydrogen (secondary N) is 4. The minimum Gasteiger partial charge on any atom is -0.350 e. The molecular weight excluding hydrogens is 1930 g/mol. The van der Waals surface area contributed by atoms with Crippen LogP contribution >= 0.6 is 138 Å². The van der Waals surface area contributed by atoms with Crippen molar-refractivity contribution in [1.82, 2.24) is 60.4 Å². The highest BCUT2D eigenvalue weighted by Crippen LogP contribution is 2.43. The number of rotatable bonds is 33. The Hall–Kier alpha value is -9.10. The molecule has 0 atom stereocenters. The summed E-state index contributed by atoms with van der Waals surface area (Å²) in [5, 5.41) is 36.4. The van der Waals surface area contributed by atoms with Gasteiger partial charge in [0.2, 0.25) is 23.6 Å². The maximum absolute atomic E-state index is 12.9. The Morgan fingerprint density at radius 1 is 0.333 bits per heavy atom. The number of carbonyl (C=O) groups is 4. The van der Waals surface area contributed by atoms with E-state index in [0.29, 0.717) is 72.8 Å². The molecule has 3 fully saturated rings. The summed E-state index contributed by atoms with van der Waals surface area (Å²) in [6, 6.07) is 48.4. The maximum atomic E-state index is 12.9. The zero-order valence-electron chi connectivity index (χ0n) is 77.5. The van der Waals surface area contributed by atoms with Gasteiger partial charge in [0.15, 0.2) is 0 Å². The van der Waals surface area contributed by atoms with Crippen molar-refractivity contribution in [1.29, 1.82) is 0 Å². The standard InChI is InChI=1S/C28H33Cl2N3OS.C28H27Cl2N3OS.C26H29Cl2N3OS.C25H27Cl2N3OS/c1-3-4-7-12-22-14-16-26(35-22)27-19(2)24(18-31-28(34)20-10-8-5-6-9-11-20)32-33(27)25-15-13-21(29)17-23(25)30;1-3-4-6-11-22-13-15-26(35-22)28-19(2)24(18-31-27(34)16-20-9-7-5-8-10-20)32-33(28)25-14-12-21(29)17-23(25)30;1-3-4-5-10-20-12-14-24(33-20)25-17(2)22(16-29-26(32)18-8-6-7-9-18)30-31(25)23-13-11-19(27)15-21(23)28;1-3-4-5-9-19-11-13-23(32-19)24-16(2)21(15-28-25(31)17-7-6-8-17)29-30(24)22-12-10-18(26)14-20(22)27/h7,12-17,20H,3-6,8-11,18H2,1-2H3,(H,31,34);5-15,17H,3-4,16,18H2,1-2H3,(H,31,34);5,10-15,18H,3-4,6-9,16H2,1-2H3,(H,29,32);5,9-14,17H,3-4,6-8,15H2,1-2H3,(H,28,31)/b12-7+;11-6+;10-5+;9-5+. The number of halogens is 8. The van der Waals surface area contributed by atoms with Gasteiger partial charge in [0.1, 0.15) is 0 Å². The SMILES string of the molecule is CCC/C=C/c1ccc(-c2c(C)c(CNC(=O)C3CCC3)nn2-c2ccc(Cl)cc2Cl)s1.CCC/C=C/c1ccc(-c2c(C)c(CNC(=O)C3CCCC3)nn2-c2ccc(Cl)cc2Cl)s1.CCC/C=C/c1ccc(-c2c(C)c(CNC(=O)C3CCCCCC3)nn2-c2ccc(Cl)cc2Cl)s1.CCC/C=C/c1ccc(-c2c(C)c(CNC(=O)Cc3ccccc3)nn2-c2ccc(Cl)cc2Cl)s1. The number of hydrogen-bond acceptors (Lipinski definition) is 12. The Kier molecular flexibility index (Phi) is 39.0. The molecule has 3 aliphatic rings. The summed E-state index contributed by atoms with van der Waals surface area (Å²) in [7, 11) is 0. The molecule has 28 heteroatoms. The van der Waals surface area contributed by atoms with E-state index in [4.69, 9.17) is 113 Å². The summed E-state index contributed by atoms with van der Waals surface area (Å²) in [5.74, 6) is 0.745. The Labute approximate surface area is 850 Å². The number of aromatic nitrogens is 8. The predicted octanol–water partition coefficient (Wildman–Crippen LogP) is 31.8. The minimum atomic E-state index is -0.0457. The van der Waals surface area contributed by atoms with Gasteiger partial charge in [0.25, 0.3) is 0 Å². The lowest BCUT2D eigenvalue weighted by Gasteiger charge is -2.23. The summed E-state index contributed by atoms with van der Waals surface area (Å²) in [6.07, 6.45) is 40.6. The van der Waals surface area contributed by atoms with Gasteiger partial charge in [-0.15, -0.1) is 45.3 Å². The first kappa shape index (κ1) is 103. The van der Waals surface area contributed by atoms with Gasteiger partial charge in [-0.1, -0.05) is 246 Å². The van der Waals surface area contributed by atoms with E-state index in [1.807, 2.05) is 98.4 Å². The molecule has 4 amide bonds. The van der Waals surface area contributed by atoms with E-state index in [9.17, 15) is 19.2 Å². The second-order valence-corrected chi connectivity index (χ2v) is 42.0. The van der Waals surface area contributed by atoms with Gasteiger partial charge in [-0.25, -0.2) is 18.7 Å². The average molecular weight is 2050 g/mol. The second-order valence-electron chi connectivity index (χ2n) is 34.2. The van der Waals surface area contributed by atoms with Crippen molar-refractivity contribution in [2.24, 2.45) is 17.8 Å². The summed E-state index contributed by atoms with van der Waals surface area (Å²) >= 11 is 57.7. The van der Waals surface area contributed by atoms with Gasteiger partial charge in [-0.05, 0) is 243 Å². The van der Waals surface area contributed by atoms with Crippen LogP contribution < -0.4 is 21.3 Å². The van der Waals surface area contributed by atoms with Crippen LogP contribution in [-0.2, 0) is 51.8 Å². The quantitative estimate of drug-likeness (QED) is 0.0292. The second kappa shape index (κ2) is 51.0. The van der Waals surface area contributed by atoms with Crippen molar-refractivity contribution in [2.75, 3.05) is 0 Å². The number of unbranched alkanes of at least 4 members (excludes halogenated alkanes) is 4. The molecule has 0 spiro atoms. The molecule has 708 valence electrons. The molecule has 13 aromatic rings. The van der Waals surface area contributed by atoms with Crippen molar-refractivity contribution < 1.29 is 19.2 Å². The predicted molar refractivity (Wildman–Crippen MR) is 570 cm³/mol. The molecule has 0 bridgehead atoms. The third kappa shape index (κ3) is 27.7. The van der Waals surface area contributed by atoms with E-state index in [2.05, 4.69) is 167 Å². The number of thiophene rings is 4. The summed E-state index contributed by atoms with van der Waals surface area (Å²) in [5.41, 5.74) is 15.4. The first-order valence-electron chi connectivity index (χ1n) is 46.8. The van der Waals surface area contributed by atoms with E-state index >= 15 is 0 Å². The van der Waals surface area contributed by atoms with Crippen molar-refractivity contribution in [3.8, 4) is 65.0 Å². The minimum absolute atomic E-state index is 0.0457. The van der Waals surface area contributed by atoms with Crippen molar-refractivity contribution in [2.45, 2.75) is 223 Å². The number of benzene rings is 5. The van der Waals surface area contributed by atoms with Crippen LogP contribution in [0, 0.1) is 45.4 Å². The summed E-state index contributed by atoms with van der Waals surface area (Å²) in [6.45, 7) is 18.5. The molecule has 3 aliphatic carbocycles. The number of hydrogen-bond donors (Lipinski definition) is 4. The highest BCUT2D eigenvalue weighted by molar-refractivity contribution is 7.17. The lowest BCUT2D eigenvalue weighted by molar-refractivity contribution is -0.127. The van der Waals surface area contributed by atoms with Gasteiger partial charge in [0.05, 0.1) is 140 Å². The fraction of sp³-hybridized carbons (Fsp3) is 0.346. The highest BCUT2D eigenvalue weighted by Gasteiger charge is 2.31. The zero-order valence-corrected chi connectivity index (χ0v) is 86.9. The van der Waals surface area contributed by atoms with Crippen LogP contribution in [0.2, 0.25) is 40.2 Å². The van der Waals surface area contributed by atoms with Crippen LogP contribution in [0.15, 0.2) is 176 Å². The smallest absolute Gasteiger partial charge is 0.224 e. The van der Waals surface area contributed by atoms with Gasteiger partial charge >= 0.3 is 0 Å². The van der Waals surface area contributed by atoms with E-state index in [-0.39, 0.29) is 41.4 Å². The van der Waals surface area contributed by atoms with Crippen LogP contribution in [0.4, 0.5) is 0 Å². The van der Waals surface area contributed by atoms with E-state index < -0.39 is 0 Å². The molecule has 16 nitrogen and oxygen atoms in total. The zero-order chi connectivity index (χ0) is 95.6. The summed E-state index contributed by atoms with van der Waals surface area (Å²) < 4.78 is 7.52. The van der Waals surface area contributed by atoms with Gasteiger partial charge < -0.3 is 21.3 Å². The largest absolute Gasteiger partial charge is 0.350 e. The number of allylic oxidation sites excluding steroid dienone is 4. The molecular formula is C107H116Cl8N12O4S4. The lowest BCUT2D eigenvalue weighted by Crippen LogP contribution is -2.34. The first-order chi connectivity index (χ1) is 65.4. The maximum Gasteiger partial charge on any atom is 0.224 e. The van der Waals surface area contributed by atoms with Crippen LogP contribution in [0.5, 0.6) is 0 Å². The molecule has 16 rings (SSSR count). The van der Waals surface area contributed by atoms with Gasteiger partial charge in [-0.2, -0.15) is 20.4 Å². The molecule has 8 aromatic heterocycles. The van der Waals surface area contributed by atoms with Crippen molar-refractivity contribution in [3.63, 3.8) is 0 Å². The molecule has 0 saturated heterocycles. The highest BCUT2D eigenvalue weighted by atomic mass is 35.5. The molecule has 3 saturated carbocycles. The Balaban J connectivity index is 0.000000153. The number of amides is 4. The topological polar surface area (TPSA) is 188 Å². The van der Waals surface area contributed by atoms with Gasteiger partial charge in [0, 0.05) is 79.6 Å². The monoisotopic (exact) mass is 2040 g/mol. The van der Waals surface area contributed by atoms with Crippen molar-refractivity contribution in [3.05, 3.63) is 286 Å². The van der Waals surface area contributed by atoms with E-state index in [1.165, 1.54) is 32.4 Å². The Bertz CT molecular complexity index is 6340. The van der Waals surface area contributed by atoms with Crippen LogP contribution in [0.25, 0.3) is 89.3 Å². The van der Waals surface area contributed by atoms with Crippen LogP contribution in [0.3, 0.4) is 0 Å². The fourth-order valence-corrected chi connectivity index (χ4v) is 22.5. The molecule has 5 aromatic carbocycles. The Morgan fingerprint density at radius 2 is 0.593 bits per heavy atom. The molecule has 135 heavy (non-hydrogen) atoms. The van der Waals surface area contributed by atoms with E-state index in [1.54, 1.807) is 75.7 Å². The average Bonchev–Trinajstić information content (AvgIpc) is 1.64. The van der Waals surface area contributed by atoms with Gasteiger partial charge in [-0.3, -0.25) is 19.2 Å². The first-order valence-corrected chi connectivity index (χ1v) is 53.0. The molecule has 0 unspecified atom stereocenters. The number of carbonyl (C=O) groups excluding carboxylic acids is 4. The molecule has 8 heterocycles. The third-order valence-corrected chi connectivity index (χ3v) is 30.6. The van der Waals surface area contributed by atoms with E-state index in [0.717, 1.165) is 238 Å². The normalized spacial score (nSPS) is 13.7. The Morgan fingerprint density at radius 3 is 0.844 bits per heavy atom. The molecule has 0 radical (unpaired) electrons. The van der Waals surface area contributed by atoms with Crippen molar-refractivity contribution >= 4 is 186 Å². The number of nitrogens with zero attached hydrogens (tertiary/aromatic N) is 8. The lowest BCUT2D eigenvalue weighted by atomic mass is 9.85. The summed E-state index contributed by atoms with van der Waals surface area (Å²) in [4.78, 5) is 59.6. The fourth-order valence-electron chi connectivity index (χ4n) is 16.4.